The summed E-state index contributed by atoms with van der Waals surface area (Å²) in [5.41, 5.74) is 7.87. The van der Waals surface area contributed by atoms with Gasteiger partial charge in [-0.15, -0.1) is 0 Å². The van der Waals surface area contributed by atoms with Crippen LogP contribution < -0.4 is 10.9 Å². The number of aromatic nitrogens is 3. The highest BCUT2D eigenvalue weighted by Gasteiger charge is 2.17. The molecule has 2 aromatic carbocycles. The van der Waals surface area contributed by atoms with E-state index in [1.54, 1.807) is 43.0 Å². The summed E-state index contributed by atoms with van der Waals surface area (Å²) in [6, 6.07) is 7.81. The summed E-state index contributed by atoms with van der Waals surface area (Å²) < 4.78 is 1.81. The lowest BCUT2D eigenvalue weighted by molar-refractivity contribution is 0.0847. The molecule has 7 nitrogen and oxygen atoms in total. The highest BCUT2D eigenvalue weighted by Crippen LogP contribution is 2.28. The first-order chi connectivity index (χ1) is 15.8. The van der Waals surface area contributed by atoms with Crippen molar-refractivity contribution < 1.29 is 9.59 Å². The van der Waals surface area contributed by atoms with Crippen LogP contribution in [0.25, 0.3) is 5.65 Å². The van der Waals surface area contributed by atoms with Crippen molar-refractivity contribution in [3.05, 3.63) is 98.1 Å². The second kappa shape index (κ2) is 9.51. The lowest BCUT2D eigenvalue weighted by Gasteiger charge is -2.11. The topological polar surface area (TPSA) is 88.4 Å². The van der Waals surface area contributed by atoms with E-state index in [9.17, 15) is 9.59 Å². The molecule has 4 rings (SSSR count). The number of hydrogen-bond acceptors (Lipinski definition) is 4. The highest BCUT2D eigenvalue weighted by atomic mass is 35.5. The van der Waals surface area contributed by atoms with Gasteiger partial charge in [0, 0.05) is 28.5 Å². The smallest absolute Gasteiger partial charge is 0.272 e. The predicted octanol–water partition coefficient (Wildman–Crippen LogP) is 4.47. The van der Waals surface area contributed by atoms with Crippen LogP contribution in [0.4, 0.5) is 0 Å². The van der Waals surface area contributed by atoms with Crippen molar-refractivity contribution in [2.45, 2.75) is 6.92 Å². The average molecular weight is 499 g/mol. The molecule has 33 heavy (non-hydrogen) atoms. The third kappa shape index (κ3) is 4.94. The zero-order chi connectivity index (χ0) is 23.5. The summed E-state index contributed by atoms with van der Waals surface area (Å²) in [7, 11) is 0. The summed E-state index contributed by atoms with van der Waals surface area (Å²) in [4.78, 5) is 33.3. The van der Waals surface area contributed by atoms with Gasteiger partial charge in [0.1, 0.15) is 5.69 Å². The molecular weight excluding hydrogens is 485 g/mol. The molecule has 2 N–H and O–H groups in total. The van der Waals surface area contributed by atoms with Crippen LogP contribution >= 0.6 is 34.8 Å². The van der Waals surface area contributed by atoms with E-state index in [1.807, 2.05) is 11.3 Å². The molecule has 0 saturated carbocycles. The lowest BCUT2D eigenvalue weighted by atomic mass is 10.0. The maximum Gasteiger partial charge on any atom is 0.272 e. The highest BCUT2D eigenvalue weighted by molar-refractivity contribution is 6.42. The molecule has 0 spiro atoms. The first kappa shape index (κ1) is 22.6. The standard InChI is InChI=1S/C23H14Cl3N5O2/c1-13-2-3-15(8-14(13)4-5-17-11-28-20-12-27-6-7-31(17)20)22(32)29-30-23(33)21-18(25)9-16(24)10-19(21)26/h2-3,6-12H,1H3,(H,29,32)(H,30,33). The van der Waals surface area contributed by atoms with Crippen LogP contribution in [-0.4, -0.2) is 26.2 Å². The third-order valence-electron chi connectivity index (χ3n) is 4.67. The Bertz CT molecular complexity index is 1450. The van der Waals surface area contributed by atoms with Crippen LogP contribution in [0.3, 0.4) is 0 Å². The Labute approximate surface area is 203 Å². The molecule has 0 aliphatic heterocycles. The summed E-state index contributed by atoms with van der Waals surface area (Å²) >= 11 is 18.0. The molecule has 4 aromatic rings. The number of imidazole rings is 1. The number of hydrogen-bond donors (Lipinski definition) is 2. The number of amides is 2. The molecule has 2 heterocycles. The molecule has 0 bridgehead atoms. The van der Waals surface area contributed by atoms with Crippen molar-refractivity contribution in [3.63, 3.8) is 0 Å². The number of hydrazine groups is 1. The molecule has 0 aliphatic rings. The number of halogens is 3. The van der Waals surface area contributed by atoms with Crippen LogP contribution in [-0.2, 0) is 0 Å². The van der Waals surface area contributed by atoms with Crippen molar-refractivity contribution in [3.8, 4) is 11.8 Å². The number of rotatable bonds is 2. The molecule has 2 amide bonds. The van der Waals surface area contributed by atoms with E-state index < -0.39 is 11.8 Å². The van der Waals surface area contributed by atoms with E-state index >= 15 is 0 Å². The van der Waals surface area contributed by atoms with Gasteiger partial charge in [0.15, 0.2) is 5.65 Å². The molecule has 0 saturated heterocycles. The molecule has 0 unspecified atom stereocenters. The fraction of sp³-hybridized carbons (Fsp3) is 0.0435. The Kier molecular flexibility index (Phi) is 6.52. The number of benzene rings is 2. The van der Waals surface area contributed by atoms with Crippen LogP contribution in [0.5, 0.6) is 0 Å². The zero-order valence-corrected chi connectivity index (χ0v) is 19.3. The van der Waals surface area contributed by atoms with E-state index in [-0.39, 0.29) is 15.6 Å². The van der Waals surface area contributed by atoms with E-state index in [2.05, 4.69) is 32.7 Å². The fourth-order valence-corrected chi connectivity index (χ4v) is 3.96. The number of carbonyl (C=O) groups is 2. The minimum absolute atomic E-state index is 0.00160. The molecule has 0 radical (unpaired) electrons. The van der Waals surface area contributed by atoms with Gasteiger partial charge in [0.05, 0.1) is 28.0 Å². The summed E-state index contributed by atoms with van der Waals surface area (Å²) in [6.07, 6.45) is 6.71. The van der Waals surface area contributed by atoms with Crippen LogP contribution in [0.1, 0.15) is 37.5 Å². The van der Waals surface area contributed by atoms with Crippen molar-refractivity contribution in [1.29, 1.82) is 0 Å². The summed E-state index contributed by atoms with van der Waals surface area (Å²) in [5.74, 6) is 4.92. The summed E-state index contributed by atoms with van der Waals surface area (Å²) in [5, 5.41) is 0.421. The van der Waals surface area contributed by atoms with Gasteiger partial charge in [-0.3, -0.25) is 29.8 Å². The van der Waals surface area contributed by atoms with Gasteiger partial charge >= 0.3 is 0 Å². The fourth-order valence-electron chi connectivity index (χ4n) is 2.97. The van der Waals surface area contributed by atoms with Gasteiger partial charge in [-0.25, -0.2) is 4.98 Å². The van der Waals surface area contributed by atoms with E-state index in [0.29, 0.717) is 27.5 Å². The molecule has 10 heteroatoms. The molecule has 0 aliphatic carbocycles. The second-order valence-electron chi connectivity index (χ2n) is 6.88. The van der Waals surface area contributed by atoms with Gasteiger partial charge in [0.25, 0.3) is 11.8 Å². The first-order valence-corrected chi connectivity index (χ1v) is 10.6. The Morgan fingerprint density at radius 3 is 2.45 bits per heavy atom. The van der Waals surface area contributed by atoms with Crippen molar-refractivity contribution in [2.24, 2.45) is 0 Å². The molecular formula is C23H14Cl3N5O2. The maximum atomic E-state index is 12.6. The third-order valence-corrected chi connectivity index (χ3v) is 5.48. The van der Waals surface area contributed by atoms with Gasteiger partial charge in [-0.05, 0) is 42.7 Å². The predicted molar refractivity (Wildman–Crippen MR) is 127 cm³/mol. The summed E-state index contributed by atoms with van der Waals surface area (Å²) in [6.45, 7) is 1.89. The SMILES string of the molecule is Cc1ccc(C(=O)NNC(=O)c2c(Cl)cc(Cl)cc2Cl)cc1C#Cc1cnc2cnccn12. The van der Waals surface area contributed by atoms with Gasteiger partial charge < -0.3 is 0 Å². The van der Waals surface area contributed by atoms with E-state index in [4.69, 9.17) is 34.8 Å². The van der Waals surface area contributed by atoms with Gasteiger partial charge in [-0.1, -0.05) is 46.8 Å². The normalized spacial score (nSPS) is 10.4. The largest absolute Gasteiger partial charge is 0.290 e. The molecule has 0 atom stereocenters. The average Bonchev–Trinajstić information content (AvgIpc) is 3.19. The van der Waals surface area contributed by atoms with Crippen LogP contribution in [0.15, 0.2) is 55.1 Å². The number of carbonyl (C=O) groups excluding carboxylic acids is 2. The number of fused-ring (bicyclic) bond motifs is 1. The Morgan fingerprint density at radius 2 is 1.70 bits per heavy atom. The lowest BCUT2D eigenvalue weighted by Crippen LogP contribution is -2.41. The van der Waals surface area contributed by atoms with Crippen molar-refractivity contribution in [1.82, 2.24) is 25.2 Å². The molecule has 164 valence electrons. The van der Waals surface area contributed by atoms with Crippen LogP contribution in [0.2, 0.25) is 15.1 Å². The Balaban J connectivity index is 1.51. The number of aryl methyl sites for hydroxylation is 1. The Morgan fingerprint density at radius 1 is 0.970 bits per heavy atom. The number of nitrogens with one attached hydrogen (secondary N) is 2. The van der Waals surface area contributed by atoms with E-state index in [0.717, 1.165) is 5.56 Å². The monoisotopic (exact) mass is 497 g/mol. The van der Waals surface area contributed by atoms with Gasteiger partial charge in [0.2, 0.25) is 0 Å². The minimum Gasteiger partial charge on any atom is -0.290 e. The van der Waals surface area contributed by atoms with Crippen LogP contribution in [0, 0.1) is 18.8 Å². The van der Waals surface area contributed by atoms with E-state index in [1.165, 1.54) is 12.1 Å². The van der Waals surface area contributed by atoms with Crippen molar-refractivity contribution in [2.75, 3.05) is 0 Å². The first-order valence-electron chi connectivity index (χ1n) is 9.48. The second-order valence-corrected chi connectivity index (χ2v) is 8.13. The quantitative estimate of drug-likeness (QED) is 0.315. The number of nitrogens with zero attached hydrogens (tertiary/aromatic N) is 3. The minimum atomic E-state index is -0.677. The van der Waals surface area contributed by atoms with Gasteiger partial charge in [-0.2, -0.15) is 0 Å². The molecule has 0 fully saturated rings. The van der Waals surface area contributed by atoms with Crippen molar-refractivity contribution >= 4 is 52.3 Å². The molecule has 2 aromatic heterocycles. The maximum absolute atomic E-state index is 12.6. The zero-order valence-electron chi connectivity index (χ0n) is 17.0. The Hall–Kier alpha value is -3.57.